The normalized spacial score (nSPS) is 12.4. The fourth-order valence-corrected chi connectivity index (χ4v) is 3.50. The van der Waals surface area contributed by atoms with Crippen molar-refractivity contribution < 1.29 is 26.4 Å². The molecule has 0 spiro atoms. The Kier molecular flexibility index (Phi) is 5.16. The molecule has 1 aromatic rings. The third kappa shape index (κ3) is 5.10. The predicted molar refractivity (Wildman–Crippen MR) is 68.1 cm³/mol. The van der Waals surface area contributed by atoms with Crippen LogP contribution in [0.4, 0.5) is 13.2 Å². The minimum Gasteiger partial charge on any atom is -0.351 e. The highest BCUT2D eigenvalue weighted by atomic mass is 32.2. The molecular formula is C10H13F3N2O3S2. The fourth-order valence-electron chi connectivity index (χ4n) is 1.44. The number of alkyl halides is 3. The van der Waals surface area contributed by atoms with Gasteiger partial charge in [0, 0.05) is 17.8 Å². The Morgan fingerprint density at radius 2 is 2.05 bits per heavy atom. The number of carbonyl (C=O) groups excluding carboxylic acids is 1. The largest absolute Gasteiger partial charge is 0.389 e. The molecule has 0 radical (unpaired) electrons. The number of rotatable bonds is 5. The lowest BCUT2D eigenvalue weighted by atomic mass is 10.3. The molecule has 3 N–H and O–H groups in total. The van der Waals surface area contributed by atoms with E-state index >= 15 is 0 Å². The maximum Gasteiger partial charge on any atom is 0.389 e. The van der Waals surface area contributed by atoms with Gasteiger partial charge in [0.15, 0.2) is 0 Å². The minimum atomic E-state index is -4.26. The lowest BCUT2D eigenvalue weighted by Gasteiger charge is -2.06. The molecule has 0 aliphatic rings. The van der Waals surface area contributed by atoms with Gasteiger partial charge in [-0.2, -0.15) is 13.2 Å². The van der Waals surface area contributed by atoms with Gasteiger partial charge in [0.1, 0.15) is 0 Å². The molecule has 0 unspecified atom stereocenters. The van der Waals surface area contributed by atoms with Crippen molar-refractivity contribution in [1.82, 2.24) is 5.32 Å². The van der Waals surface area contributed by atoms with Gasteiger partial charge in [0.25, 0.3) is 5.91 Å². The molecule has 0 aliphatic heterocycles. The molecule has 1 heterocycles. The zero-order valence-electron chi connectivity index (χ0n) is 10.5. The summed E-state index contributed by atoms with van der Waals surface area (Å²) in [6.07, 6.45) is -5.48. The highest BCUT2D eigenvalue weighted by Crippen LogP contribution is 2.25. The van der Waals surface area contributed by atoms with Crippen molar-refractivity contribution in [3.05, 3.63) is 15.8 Å². The number of primary sulfonamides is 1. The Bertz CT molecular complexity index is 593. The van der Waals surface area contributed by atoms with Gasteiger partial charge in [-0.3, -0.25) is 4.79 Å². The van der Waals surface area contributed by atoms with Gasteiger partial charge in [0.2, 0.25) is 10.0 Å². The lowest BCUT2D eigenvalue weighted by molar-refractivity contribution is -0.135. The van der Waals surface area contributed by atoms with E-state index < -0.39 is 28.5 Å². The first kappa shape index (κ1) is 16.9. The Morgan fingerprint density at radius 3 is 2.50 bits per heavy atom. The van der Waals surface area contributed by atoms with Crippen molar-refractivity contribution in [2.75, 3.05) is 6.54 Å². The molecule has 0 bridgehead atoms. The van der Waals surface area contributed by atoms with Gasteiger partial charge in [-0.15, -0.1) is 11.3 Å². The van der Waals surface area contributed by atoms with Crippen LogP contribution in [0.3, 0.4) is 0 Å². The van der Waals surface area contributed by atoms with Gasteiger partial charge in [-0.25, -0.2) is 13.6 Å². The number of hydrogen-bond donors (Lipinski definition) is 2. The number of aryl methyl sites for hydroxylation is 1. The number of nitrogens with two attached hydrogens (primary N) is 1. The molecule has 0 saturated carbocycles. The van der Waals surface area contributed by atoms with E-state index in [1.165, 1.54) is 6.92 Å². The maximum atomic E-state index is 11.9. The summed E-state index contributed by atoms with van der Waals surface area (Å²) >= 11 is 0.919. The second-order valence-electron chi connectivity index (χ2n) is 4.05. The van der Waals surface area contributed by atoms with Crippen LogP contribution in [0.5, 0.6) is 0 Å². The van der Waals surface area contributed by atoms with Gasteiger partial charge < -0.3 is 5.32 Å². The highest BCUT2D eigenvalue weighted by Gasteiger charge is 2.26. The second kappa shape index (κ2) is 6.10. The SMILES string of the molecule is Cc1sc(C(=O)NCCCC(F)(F)F)cc1S(N)(=O)=O. The maximum absolute atomic E-state index is 11.9. The van der Waals surface area contributed by atoms with E-state index in [1.54, 1.807) is 0 Å². The first-order valence-electron chi connectivity index (χ1n) is 5.49. The molecule has 1 aromatic heterocycles. The average Bonchev–Trinajstić information content (AvgIpc) is 2.65. The van der Waals surface area contributed by atoms with Crippen molar-refractivity contribution in [1.29, 1.82) is 0 Å². The van der Waals surface area contributed by atoms with Crippen LogP contribution in [0.2, 0.25) is 0 Å². The third-order valence-corrected chi connectivity index (χ3v) is 4.54. The monoisotopic (exact) mass is 330 g/mol. The second-order valence-corrected chi connectivity index (χ2v) is 6.84. The van der Waals surface area contributed by atoms with Crippen LogP contribution >= 0.6 is 11.3 Å². The number of amides is 1. The zero-order chi connectivity index (χ0) is 15.6. The summed E-state index contributed by atoms with van der Waals surface area (Å²) < 4.78 is 58.1. The molecule has 0 saturated heterocycles. The molecule has 1 rings (SSSR count). The summed E-state index contributed by atoms with van der Waals surface area (Å²) in [7, 11) is -3.91. The van der Waals surface area contributed by atoms with Crippen LogP contribution < -0.4 is 10.5 Å². The molecule has 0 atom stereocenters. The van der Waals surface area contributed by atoms with Crippen molar-refractivity contribution in [3.63, 3.8) is 0 Å². The van der Waals surface area contributed by atoms with Gasteiger partial charge in [0.05, 0.1) is 9.77 Å². The lowest BCUT2D eigenvalue weighted by Crippen LogP contribution is -2.24. The predicted octanol–water partition coefficient (Wildman–Crippen LogP) is 1.78. The Morgan fingerprint density at radius 1 is 1.45 bits per heavy atom. The molecule has 5 nitrogen and oxygen atoms in total. The molecule has 114 valence electrons. The Balaban J connectivity index is 2.61. The van der Waals surface area contributed by atoms with E-state index in [0.29, 0.717) is 4.88 Å². The van der Waals surface area contributed by atoms with Crippen molar-refractivity contribution in [3.8, 4) is 0 Å². The Hall–Kier alpha value is -1.13. The van der Waals surface area contributed by atoms with E-state index in [4.69, 9.17) is 5.14 Å². The molecule has 0 aromatic carbocycles. The van der Waals surface area contributed by atoms with E-state index in [-0.39, 0.29) is 22.7 Å². The smallest absolute Gasteiger partial charge is 0.351 e. The van der Waals surface area contributed by atoms with Crippen LogP contribution in [0.1, 0.15) is 27.4 Å². The Labute approximate surface area is 118 Å². The molecule has 10 heteroatoms. The van der Waals surface area contributed by atoms with Crippen LogP contribution in [-0.2, 0) is 10.0 Å². The van der Waals surface area contributed by atoms with E-state index in [1.807, 2.05) is 0 Å². The van der Waals surface area contributed by atoms with Crippen molar-refractivity contribution >= 4 is 27.3 Å². The number of carbonyl (C=O) groups is 1. The minimum absolute atomic E-state index is 0.0959. The first-order valence-corrected chi connectivity index (χ1v) is 7.85. The van der Waals surface area contributed by atoms with Crippen LogP contribution in [0, 0.1) is 6.92 Å². The third-order valence-electron chi connectivity index (χ3n) is 2.33. The average molecular weight is 330 g/mol. The number of nitrogens with one attached hydrogen (secondary N) is 1. The van der Waals surface area contributed by atoms with E-state index in [0.717, 1.165) is 17.4 Å². The van der Waals surface area contributed by atoms with Crippen LogP contribution in [0.15, 0.2) is 11.0 Å². The number of halogens is 3. The summed E-state index contributed by atoms with van der Waals surface area (Å²) in [4.78, 5) is 11.9. The van der Waals surface area contributed by atoms with E-state index in [9.17, 15) is 26.4 Å². The van der Waals surface area contributed by atoms with E-state index in [2.05, 4.69) is 5.32 Å². The molecule has 0 aliphatic carbocycles. The highest BCUT2D eigenvalue weighted by molar-refractivity contribution is 7.89. The molecule has 0 fully saturated rings. The van der Waals surface area contributed by atoms with Gasteiger partial charge in [-0.1, -0.05) is 0 Å². The zero-order valence-corrected chi connectivity index (χ0v) is 12.1. The summed E-state index contributed by atoms with van der Waals surface area (Å²) in [5.41, 5.74) is 0. The number of hydrogen-bond acceptors (Lipinski definition) is 4. The quantitative estimate of drug-likeness (QED) is 0.807. The number of thiophene rings is 1. The van der Waals surface area contributed by atoms with Crippen molar-refractivity contribution in [2.45, 2.75) is 30.8 Å². The summed E-state index contributed by atoms with van der Waals surface area (Å²) in [6.45, 7) is 1.35. The van der Waals surface area contributed by atoms with Crippen LogP contribution in [0.25, 0.3) is 0 Å². The molecular weight excluding hydrogens is 317 g/mol. The summed E-state index contributed by atoms with van der Waals surface area (Å²) in [5.74, 6) is -0.616. The molecule has 1 amide bonds. The van der Waals surface area contributed by atoms with Gasteiger partial charge in [-0.05, 0) is 19.4 Å². The van der Waals surface area contributed by atoms with Crippen molar-refractivity contribution in [2.24, 2.45) is 5.14 Å². The fraction of sp³-hybridized carbons (Fsp3) is 0.500. The van der Waals surface area contributed by atoms with Gasteiger partial charge >= 0.3 is 6.18 Å². The molecule has 20 heavy (non-hydrogen) atoms. The first-order chi connectivity index (χ1) is 9.00. The standard InChI is InChI=1S/C10H13F3N2O3S2/c1-6-8(20(14,17)18)5-7(19-6)9(16)15-4-2-3-10(11,12)13/h5H,2-4H2,1H3,(H,15,16)(H2,14,17,18). The summed E-state index contributed by atoms with van der Waals surface area (Å²) in [5, 5.41) is 7.26. The summed E-state index contributed by atoms with van der Waals surface area (Å²) in [6, 6.07) is 1.12. The van der Waals surface area contributed by atoms with Crippen LogP contribution in [-0.4, -0.2) is 27.0 Å². The topological polar surface area (TPSA) is 89.3 Å². The number of sulfonamides is 1.